The predicted molar refractivity (Wildman–Crippen MR) is 118 cm³/mol. The predicted octanol–water partition coefficient (Wildman–Crippen LogP) is 3.51. The third-order valence-electron chi connectivity index (χ3n) is 7.99. The fourth-order valence-electron chi connectivity index (χ4n) is 6.04. The Morgan fingerprint density at radius 3 is 2.63 bits per heavy atom. The van der Waals surface area contributed by atoms with Gasteiger partial charge in [-0.1, -0.05) is 13.8 Å². The van der Waals surface area contributed by atoms with Crippen molar-refractivity contribution < 1.29 is 9.53 Å². The third-order valence-corrected chi connectivity index (χ3v) is 7.99. The number of hydrogen-bond acceptors (Lipinski definition) is 4. The molecule has 0 aliphatic carbocycles. The summed E-state index contributed by atoms with van der Waals surface area (Å²) in [6.45, 7) is 12.4. The van der Waals surface area contributed by atoms with Crippen molar-refractivity contribution >= 4 is 11.7 Å². The van der Waals surface area contributed by atoms with Gasteiger partial charge in [0.25, 0.3) is 0 Å². The van der Waals surface area contributed by atoms with Crippen LogP contribution in [0.25, 0.3) is 0 Å². The molecule has 5 rings (SSSR count). The summed E-state index contributed by atoms with van der Waals surface area (Å²) in [5, 5.41) is 0. The lowest BCUT2D eigenvalue weighted by Gasteiger charge is -2.41. The second-order valence-corrected chi connectivity index (χ2v) is 10.7. The lowest BCUT2D eigenvalue weighted by molar-refractivity contribution is 0.0382. The summed E-state index contributed by atoms with van der Waals surface area (Å²) in [6, 6.07) is 4.17. The molecule has 0 unspecified atom stereocenters. The lowest BCUT2D eigenvalue weighted by atomic mass is 9.77. The summed E-state index contributed by atoms with van der Waals surface area (Å²) in [4.78, 5) is 24.8. The van der Waals surface area contributed by atoms with Crippen molar-refractivity contribution in [2.24, 2.45) is 11.3 Å². The first-order chi connectivity index (χ1) is 14.5. The molecule has 3 saturated heterocycles. The van der Waals surface area contributed by atoms with E-state index in [1.54, 1.807) is 0 Å². The molecule has 4 aliphatic heterocycles. The zero-order valence-corrected chi connectivity index (χ0v) is 18.6. The number of carbonyl (C=O) groups excluding carboxylic acids is 1. The molecule has 164 valence electrons. The van der Waals surface area contributed by atoms with Gasteiger partial charge >= 0.3 is 6.03 Å². The van der Waals surface area contributed by atoms with Crippen molar-refractivity contribution in [1.29, 1.82) is 0 Å². The van der Waals surface area contributed by atoms with Crippen LogP contribution in [0.4, 0.5) is 10.5 Å². The molecule has 6 nitrogen and oxygen atoms in total. The smallest absolute Gasteiger partial charge is 0.324 e. The van der Waals surface area contributed by atoms with Crippen molar-refractivity contribution in [1.82, 2.24) is 14.8 Å². The van der Waals surface area contributed by atoms with E-state index in [0.717, 1.165) is 56.6 Å². The van der Waals surface area contributed by atoms with Gasteiger partial charge in [0, 0.05) is 51.0 Å². The van der Waals surface area contributed by atoms with Crippen molar-refractivity contribution in [3.05, 3.63) is 24.0 Å². The Hall–Kier alpha value is -1.66. The van der Waals surface area contributed by atoms with Gasteiger partial charge in [0.2, 0.25) is 0 Å². The van der Waals surface area contributed by atoms with E-state index < -0.39 is 0 Å². The van der Waals surface area contributed by atoms with Crippen LogP contribution in [0.2, 0.25) is 0 Å². The third kappa shape index (κ3) is 3.73. The Kier molecular flexibility index (Phi) is 5.26. The number of urea groups is 1. The van der Waals surface area contributed by atoms with Gasteiger partial charge < -0.3 is 14.5 Å². The van der Waals surface area contributed by atoms with E-state index in [4.69, 9.17) is 4.74 Å². The first-order valence-corrected chi connectivity index (χ1v) is 11.8. The van der Waals surface area contributed by atoms with Crippen LogP contribution in [0.15, 0.2) is 18.3 Å². The SMILES string of the molecule is CC1(C)CN(C(=O)N2CCC3(CCN(CC4CCOCC4)CC3)C2)c2cccnc21. The number of pyridine rings is 1. The van der Waals surface area contributed by atoms with Crippen molar-refractivity contribution in [3.63, 3.8) is 0 Å². The highest BCUT2D eigenvalue weighted by molar-refractivity contribution is 5.94. The summed E-state index contributed by atoms with van der Waals surface area (Å²) in [5.74, 6) is 0.807. The number of anilines is 1. The minimum atomic E-state index is -0.0842. The molecule has 5 heterocycles. The highest BCUT2D eigenvalue weighted by atomic mass is 16.5. The van der Waals surface area contributed by atoms with E-state index in [1.165, 1.54) is 45.3 Å². The second-order valence-electron chi connectivity index (χ2n) is 10.7. The first-order valence-electron chi connectivity index (χ1n) is 11.8. The maximum atomic E-state index is 13.5. The molecule has 1 aromatic rings. The molecule has 0 saturated carbocycles. The Balaban J connectivity index is 1.19. The van der Waals surface area contributed by atoms with E-state index in [0.29, 0.717) is 5.41 Å². The molecule has 0 N–H and O–H groups in total. The standard InChI is InChI=1S/C24H36N4O2/c1-23(2)17-28(20-4-3-10-25-21(20)23)22(29)27-13-9-24(18-27)7-11-26(12-8-24)16-19-5-14-30-15-6-19/h3-4,10,19H,5-9,11-18H2,1-2H3. The number of carbonyl (C=O) groups is 1. The van der Waals surface area contributed by atoms with Crippen LogP contribution in [0.1, 0.15) is 51.6 Å². The number of aromatic nitrogens is 1. The van der Waals surface area contributed by atoms with E-state index in [2.05, 4.69) is 34.7 Å². The molecule has 0 aromatic carbocycles. The van der Waals surface area contributed by atoms with Crippen molar-refractivity contribution in [2.75, 3.05) is 57.4 Å². The van der Waals surface area contributed by atoms with Crippen molar-refractivity contribution in [3.8, 4) is 0 Å². The topological polar surface area (TPSA) is 48.9 Å². The Morgan fingerprint density at radius 2 is 1.87 bits per heavy atom. The number of rotatable bonds is 2. The molecule has 0 atom stereocenters. The number of amides is 2. The van der Waals surface area contributed by atoms with Gasteiger partial charge in [0.15, 0.2) is 0 Å². The molecule has 6 heteroatoms. The summed E-state index contributed by atoms with van der Waals surface area (Å²) in [6.07, 6.45) is 7.88. The van der Waals surface area contributed by atoms with Gasteiger partial charge in [-0.25, -0.2) is 4.79 Å². The number of nitrogens with zero attached hydrogens (tertiary/aromatic N) is 4. The molecule has 4 aliphatic rings. The molecule has 0 bridgehead atoms. The van der Waals surface area contributed by atoms with Gasteiger partial charge in [0.05, 0.1) is 11.4 Å². The maximum absolute atomic E-state index is 13.5. The fourth-order valence-corrected chi connectivity index (χ4v) is 6.04. The van der Waals surface area contributed by atoms with E-state index >= 15 is 0 Å². The summed E-state index contributed by atoms with van der Waals surface area (Å²) in [5.41, 5.74) is 2.29. The number of ether oxygens (including phenoxy) is 1. The van der Waals surface area contributed by atoms with E-state index in [1.807, 2.05) is 17.2 Å². The first kappa shape index (κ1) is 20.3. The van der Waals surface area contributed by atoms with Gasteiger partial charge in [-0.2, -0.15) is 0 Å². The van der Waals surface area contributed by atoms with Gasteiger partial charge in [0.1, 0.15) is 0 Å². The van der Waals surface area contributed by atoms with E-state index in [-0.39, 0.29) is 11.4 Å². The lowest BCUT2D eigenvalue weighted by Crippen LogP contribution is -2.46. The largest absolute Gasteiger partial charge is 0.381 e. The van der Waals surface area contributed by atoms with E-state index in [9.17, 15) is 4.79 Å². The van der Waals surface area contributed by atoms with Crippen LogP contribution in [0.5, 0.6) is 0 Å². The normalized spacial score (nSPS) is 26.3. The molecule has 2 amide bonds. The molecular weight excluding hydrogens is 376 g/mol. The average molecular weight is 413 g/mol. The Labute approximate surface area is 180 Å². The molecule has 1 spiro atoms. The minimum absolute atomic E-state index is 0.0842. The van der Waals surface area contributed by atoms with Gasteiger partial charge in [-0.15, -0.1) is 0 Å². The molecule has 3 fully saturated rings. The number of likely N-dealkylation sites (tertiary alicyclic amines) is 2. The fraction of sp³-hybridized carbons (Fsp3) is 0.750. The molecule has 1 aromatic heterocycles. The van der Waals surface area contributed by atoms with Gasteiger partial charge in [-0.05, 0) is 68.7 Å². The highest BCUT2D eigenvalue weighted by Crippen LogP contribution is 2.43. The monoisotopic (exact) mass is 412 g/mol. The summed E-state index contributed by atoms with van der Waals surface area (Å²) < 4.78 is 5.51. The number of hydrogen-bond donors (Lipinski definition) is 0. The highest BCUT2D eigenvalue weighted by Gasteiger charge is 2.46. The Morgan fingerprint density at radius 1 is 1.13 bits per heavy atom. The van der Waals surface area contributed by atoms with Crippen LogP contribution < -0.4 is 4.90 Å². The number of fused-ring (bicyclic) bond motifs is 1. The zero-order valence-electron chi connectivity index (χ0n) is 18.6. The molecule has 0 radical (unpaired) electrons. The second kappa shape index (κ2) is 7.79. The summed E-state index contributed by atoms with van der Waals surface area (Å²) in [7, 11) is 0. The van der Waals surface area contributed by atoms with Gasteiger partial charge in [-0.3, -0.25) is 9.88 Å². The Bertz CT molecular complexity index is 781. The van der Waals surface area contributed by atoms with Crippen LogP contribution in [-0.2, 0) is 10.2 Å². The average Bonchev–Trinajstić information content (AvgIpc) is 3.29. The quantitative estimate of drug-likeness (QED) is 0.746. The maximum Gasteiger partial charge on any atom is 0.324 e. The summed E-state index contributed by atoms with van der Waals surface area (Å²) >= 11 is 0. The van der Waals surface area contributed by atoms with Crippen LogP contribution in [0.3, 0.4) is 0 Å². The van der Waals surface area contributed by atoms with Crippen LogP contribution in [-0.4, -0.2) is 73.3 Å². The number of piperidine rings is 1. The van der Waals surface area contributed by atoms with Crippen LogP contribution in [0, 0.1) is 11.3 Å². The minimum Gasteiger partial charge on any atom is -0.381 e. The molecule has 30 heavy (non-hydrogen) atoms. The van der Waals surface area contributed by atoms with Crippen molar-refractivity contribution in [2.45, 2.75) is 51.4 Å². The zero-order chi connectivity index (χ0) is 20.8. The molecular formula is C24H36N4O2. The van der Waals surface area contributed by atoms with Crippen LogP contribution >= 0.6 is 0 Å².